The number of thioether (sulfide) groups is 1. The van der Waals surface area contributed by atoms with Crippen molar-refractivity contribution in [3.8, 4) is 5.75 Å². The molecule has 0 aromatic heterocycles. The lowest BCUT2D eigenvalue weighted by Crippen LogP contribution is -2.43. The molecule has 5 nitrogen and oxygen atoms in total. The molecule has 1 aromatic carbocycles. The average molecular weight is 504 g/mol. The summed E-state index contributed by atoms with van der Waals surface area (Å²) in [5.74, 6) is 3.79. The Hall–Kier alpha value is -0.930. The van der Waals surface area contributed by atoms with Crippen molar-refractivity contribution in [1.82, 2.24) is 15.5 Å². The number of hydrogen-bond acceptors (Lipinski definition) is 4. The van der Waals surface area contributed by atoms with Crippen molar-refractivity contribution >= 4 is 41.7 Å². The molecule has 152 valence electrons. The van der Waals surface area contributed by atoms with Crippen LogP contribution in [0.3, 0.4) is 0 Å². The molecular weight excluding hydrogens is 471 g/mol. The van der Waals surface area contributed by atoms with Gasteiger partial charge >= 0.3 is 0 Å². The van der Waals surface area contributed by atoms with Crippen molar-refractivity contribution in [3.05, 3.63) is 42.5 Å². The second kappa shape index (κ2) is 14.1. The molecule has 1 aliphatic rings. The number of benzene rings is 1. The highest BCUT2D eigenvalue weighted by Gasteiger charge is 2.23. The zero-order chi connectivity index (χ0) is 18.6. The molecule has 1 fully saturated rings. The Kier molecular flexibility index (Phi) is 12.6. The van der Waals surface area contributed by atoms with E-state index >= 15 is 0 Å². The summed E-state index contributed by atoms with van der Waals surface area (Å²) in [4.78, 5) is 6.91. The molecule has 1 atom stereocenters. The Morgan fingerprint density at radius 2 is 2.00 bits per heavy atom. The number of guanidine groups is 1. The van der Waals surface area contributed by atoms with Gasteiger partial charge in [0.25, 0.3) is 0 Å². The van der Waals surface area contributed by atoms with Crippen molar-refractivity contribution in [2.24, 2.45) is 4.99 Å². The fourth-order valence-electron chi connectivity index (χ4n) is 3.16. The summed E-state index contributed by atoms with van der Waals surface area (Å²) in [6, 6.07) is 8.78. The third kappa shape index (κ3) is 8.31. The van der Waals surface area contributed by atoms with Crippen molar-refractivity contribution < 1.29 is 4.74 Å². The Morgan fingerprint density at radius 3 is 2.59 bits per heavy atom. The maximum absolute atomic E-state index is 5.30. The number of methoxy groups -OCH3 is 1. The molecule has 0 aliphatic carbocycles. The molecule has 2 N–H and O–H groups in total. The number of halogens is 1. The van der Waals surface area contributed by atoms with Gasteiger partial charge in [-0.3, -0.25) is 9.89 Å². The maximum atomic E-state index is 5.30. The molecule has 27 heavy (non-hydrogen) atoms. The van der Waals surface area contributed by atoms with Gasteiger partial charge in [0, 0.05) is 31.6 Å². The van der Waals surface area contributed by atoms with E-state index < -0.39 is 0 Å². The van der Waals surface area contributed by atoms with Crippen LogP contribution in [0.5, 0.6) is 5.75 Å². The van der Waals surface area contributed by atoms with E-state index in [1.54, 1.807) is 7.11 Å². The maximum Gasteiger partial charge on any atom is 0.191 e. The predicted molar refractivity (Wildman–Crippen MR) is 129 cm³/mol. The highest BCUT2D eigenvalue weighted by atomic mass is 127. The number of ether oxygens (including phenoxy) is 1. The number of likely N-dealkylation sites (tertiary alicyclic amines) is 1. The minimum atomic E-state index is 0. The third-order valence-electron chi connectivity index (χ3n) is 4.54. The molecule has 1 saturated heterocycles. The molecule has 1 heterocycles. The fourth-order valence-corrected chi connectivity index (χ4v) is 3.74. The van der Waals surface area contributed by atoms with Gasteiger partial charge in [-0.2, -0.15) is 11.8 Å². The van der Waals surface area contributed by atoms with Gasteiger partial charge in [-0.1, -0.05) is 18.2 Å². The van der Waals surface area contributed by atoms with E-state index in [0.29, 0.717) is 6.04 Å². The topological polar surface area (TPSA) is 48.9 Å². The standard InChI is InChI=1S/C20H32N4OS.HI/c1-4-14-26-15-11-22-20(21-2)23-16-19(24-12-5-6-13-24)17-7-9-18(25-3)10-8-17;/h4,7-10,19H,1,5-6,11-16H2,2-3H3,(H2,21,22,23);1H. The van der Waals surface area contributed by atoms with E-state index in [4.69, 9.17) is 4.74 Å². The van der Waals surface area contributed by atoms with Crippen molar-refractivity contribution in [3.63, 3.8) is 0 Å². The second-order valence-corrected chi connectivity index (χ2v) is 7.43. The van der Waals surface area contributed by atoms with Crippen molar-refractivity contribution in [1.29, 1.82) is 0 Å². The lowest BCUT2D eigenvalue weighted by Gasteiger charge is -2.29. The molecule has 7 heteroatoms. The minimum absolute atomic E-state index is 0. The van der Waals surface area contributed by atoms with Crippen LogP contribution < -0.4 is 15.4 Å². The van der Waals surface area contributed by atoms with Crippen LogP contribution in [0.4, 0.5) is 0 Å². The van der Waals surface area contributed by atoms with Gasteiger partial charge in [0.05, 0.1) is 13.2 Å². The Balaban J connectivity index is 0.00000364. The summed E-state index contributed by atoms with van der Waals surface area (Å²) in [7, 11) is 3.53. The fraction of sp³-hybridized carbons (Fsp3) is 0.550. The molecule has 0 saturated carbocycles. The largest absolute Gasteiger partial charge is 0.497 e. The molecule has 0 amide bonds. The van der Waals surface area contributed by atoms with Gasteiger partial charge in [0.2, 0.25) is 0 Å². The molecule has 0 spiro atoms. The highest BCUT2D eigenvalue weighted by Crippen LogP contribution is 2.26. The van der Waals surface area contributed by atoms with E-state index in [-0.39, 0.29) is 24.0 Å². The van der Waals surface area contributed by atoms with Gasteiger partial charge < -0.3 is 15.4 Å². The van der Waals surface area contributed by atoms with Crippen LogP contribution in [-0.2, 0) is 0 Å². The summed E-state index contributed by atoms with van der Waals surface area (Å²) < 4.78 is 5.30. The minimum Gasteiger partial charge on any atom is -0.497 e. The summed E-state index contributed by atoms with van der Waals surface area (Å²) in [6.45, 7) is 7.79. The smallest absolute Gasteiger partial charge is 0.191 e. The highest BCUT2D eigenvalue weighted by molar-refractivity contribution is 14.0. The van der Waals surface area contributed by atoms with Gasteiger partial charge in [-0.25, -0.2) is 0 Å². The van der Waals surface area contributed by atoms with Gasteiger partial charge in [0.15, 0.2) is 5.96 Å². The van der Waals surface area contributed by atoms with E-state index in [9.17, 15) is 0 Å². The van der Waals surface area contributed by atoms with Crippen LogP contribution in [0, 0.1) is 0 Å². The number of nitrogens with zero attached hydrogens (tertiary/aromatic N) is 2. The van der Waals surface area contributed by atoms with Crippen molar-refractivity contribution in [2.75, 3.05) is 51.8 Å². The molecular formula is C20H33IN4OS. The summed E-state index contributed by atoms with van der Waals surface area (Å²) >= 11 is 1.87. The summed E-state index contributed by atoms with van der Waals surface area (Å²) in [5.41, 5.74) is 1.32. The number of nitrogens with one attached hydrogen (secondary N) is 2. The van der Waals surface area contributed by atoms with Gasteiger partial charge in [-0.15, -0.1) is 30.6 Å². The lowest BCUT2D eigenvalue weighted by molar-refractivity contribution is 0.245. The lowest BCUT2D eigenvalue weighted by atomic mass is 10.1. The first-order valence-electron chi connectivity index (χ1n) is 9.29. The molecule has 1 aromatic rings. The zero-order valence-electron chi connectivity index (χ0n) is 16.4. The zero-order valence-corrected chi connectivity index (χ0v) is 19.6. The van der Waals surface area contributed by atoms with Gasteiger partial charge in [-0.05, 0) is 43.6 Å². The number of aliphatic imine (C=N–C) groups is 1. The third-order valence-corrected chi connectivity index (χ3v) is 5.51. The Labute approximate surface area is 185 Å². The van der Waals surface area contributed by atoms with E-state index in [0.717, 1.165) is 49.4 Å². The monoisotopic (exact) mass is 504 g/mol. The van der Waals surface area contributed by atoms with E-state index in [1.165, 1.54) is 18.4 Å². The molecule has 0 bridgehead atoms. The SMILES string of the molecule is C=CCSCCNC(=NC)NCC(c1ccc(OC)cc1)N1CCCC1.I. The second-order valence-electron chi connectivity index (χ2n) is 6.28. The Bertz CT molecular complexity index is 562. The number of hydrogen-bond donors (Lipinski definition) is 2. The molecule has 1 aliphatic heterocycles. The van der Waals surface area contributed by atoms with Gasteiger partial charge in [0.1, 0.15) is 5.75 Å². The van der Waals surface area contributed by atoms with E-state index in [2.05, 4.69) is 39.2 Å². The van der Waals surface area contributed by atoms with Crippen molar-refractivity contribution in [2.45, 2.75) is 18.9 Å². The summed E-state index contributed by atoms with van der Waals surface area (Å²) in [6.07, 6.45) is 4.49. The quantitative estimate of drug-likeness (QED) is 0.168. The van der Waals surface area contributed by atoms with Crippen LogP contribution in [0.25, 0.3) is 0 Å². The van der Waals surface area contributed by atoms with Crippen LogP contribution in [0.1, 0.15) is 24.4 Å². The van der Waals surface area contributed by atoms with Crippen LogP contribution in [-0.4, -0.2) is 62.7 Å². The predicted octanol–water partition coefficient (Wildman–Crippen LogP) is 3.53. The van der Waals surface area contributed by atoms with Crippen LogP contribution >= 0.6 is 35.7 Å². The van der Waals surface area contributed by atoms with Crippen LogP contribution in [0.2, 0.25) is 0 Å². The molecule has 1 unspecified atom stereocenters. The molecule has 2 rings (SSSR count). The molecule has 0 radical (unpaired) electrons. The normalized spacial score (nSPS) is 15.7. The van der Waals surface area contributed by atoms with E-state index in [1.807, 2.05) is 37.0 Å². The average Bonchev–Trinajstić information content (AvgIpc) is 3.21. The number of rotatable bonds is 10. The first kappa shape index (κ1) is 24.1. The first-order chi connectivity index (χ1) is 12.8. The Morgan fingerprint density at radius 1 is 1.30 bits per heavy atom. The first-order valence-corrected chi connectivity index (χ1v) is 10.4. The summed E-state index contributed by atoms with van der Waals surface area (Å²) in [5, 5.41) is 6.89. The van der Waals surface area contributed by atoms with Crippen LogP contribution in [0.15, 0.2) is 41.9 Å².